The van der Waals surface area contributed by atoms with Gasteiger partial charge in [-0.05, 0) is 23.6 Å². The highest BCUT2D eigenvalue weighted by molar-refractivity contribution is 7.10. The number of piperazine rings is 1. The molecule has 4 rings (SSSR count). The highest BCUT2D eigenvalue weighted by Gasteiger charge is 2.31. The number of aromatic nitrogens is 1. The van der Waals surface area contributed by atoms with Crippen LogP contribution in [0.2, 0.25) is 0 Å². The van der Waals surface area contributed by atoms with E-state index in [0.29, 0.717) is 13.1 Å². The minimum Gasteiger partial charge on any atom is -0.353 e. The third-order valence-corrected chi connectivity index (χ3v) is 5.07. The van der Waals surface area contributed by atoms with Gasteiger partial charge in [0, 0.05) is 29.9 Å². The first-order valence-corrected chi connectivity index (χ1v) is 8.59. The van der Waals surface area contributed by atoms with Gasteiger partial charge in [-0.3, -0.25) is 14.7 Å². The summed E-state index contributed by atoms with van der Waals surface area (Å²) in [6.07, 6.45) is 0. The van der Waals surface area contributed by atoms with E-state index in [-0.39, 0.29) is 11.9 Å². The molecule has 1 saturated heterocycles. The number of benzene rings is 1. The lowest BCUT2D eigenvalue weighted by atomic mass is 10.1. The van der Waals surface area contributed by atoms with E-state index in [2.05, 4.69) is 28.4 Å². The summed E-state index contributed by atoms with van der Waals surface area (Å²) in [5.41, 5.74) is 2.00. The maximum absolute atomic E-state index is 12.3. The molecule has 3 aromatic rings. The second-order valence-electron chi connectivity index (χ2n) is 5.67. The van der Waals surface area contributed by atoms with E-state index in [1.165, 1.54) is 0 Å². The fourth-order valence-electron chi connectivity index (χ4n) is 3.05. The zero-order chi connectivity index (χ0) is 15.6. The van der Waals surface area contributed by atoms with Crippen molar-refractivity contribution in [1.82, 2.24) is 15.2 Å². The lowest BCUT2D eigenvalue weighted by Gasteiger charge is -2.34. The van der Waals surface area contributed by atoms with Crippen molar-refractivity contribution in [2.75, 3.05) is 13.1 Å². The summed E-state index contributed by atoms with van der Waals surface area (Å²) in [6.45, 7) is 2.21. The fourth-order valence-corrected chi connectivity index (χ4v) is 3.90. The molecule has 23 heavy (non-hydrogen) atoms. The number of nitrogens with one attached hydrogen (secondary N) is 1. The summed E-state index contributed by atoms with van der Waals surface area (Å²) >= 11 is 1.63. The van der Waals surface area contributed by atoms with Crippen molar-refractivity contribution < 1.29 is 4.79 Å². The van der Waals surface area contributed by atoms with Gasteiger partial charge in [-0.15, -0.1) is 11.3 Å². The van der Waals surface area contributed by atoms with Gasteiger partial charge in [-0.1, -0.05) is 30.3 Å². The molecule has 1 aliphatic heterocycles. The summed E-state index contributed by atoms with van der Waals surface area (Å²) < 4.78 is 0. The van der Waals surface area contributed by atoms with Crippen LogP contribution in [0, 0.1) is 0 Å². The molecule has 1 amide bonds. The molecule has 0 bridgehead atoms. The van der Waals surface area contributed by atoms with Crippen LogP contribution in [0.3, 0.4) is 0 Å². The molecule has 4 nitrogen and oxygen atoms in total. The van der Waals surface area contributed by atoms with Gasteiger partial charge in [0.2, 0.25) is 5.91 Å². The molecule has 1 unspecified atom stereocenters. The van der Waals surface area contributed by atoms with Gasteiger partial charge in [-0.2, -0.15) is 0 Å². The predicted octanol–water partition coefficient (Wildman–Crippen LogP) is 2.97. The first-order valence-electron chi connectivity index (χ1n) is 7.71. The highest BCUT2D eigenvalue weighted by Crippen LogP contribution is 2.28. The number of para-hydroxylation sites is 1. The Morgan fingerprint density at radius 1 is 1.17 bits per heavy atom. The van der Waals surface area contributed by atoms with Gasteiger partial charge in [-0.25, -0.2) is 0 Å². The zero-order valence-corrected chi connectivity index (χ0v) is 13.4. The summed E-state index contributed by atoms with van der Waals surface area (Å²) in [7, 11) is 0. The summed E-state index contributed by atoms with van der Waals surface area (Å²) in [5.74, 6) is 0.0829. The summed E-state index contributed by atoms with van der Waals surface area (Å²) in [4.78, 5) is 20.4. The Balaban J connectivity index is 1.63. The largest absolute Gasteiger partial charge is 0.353 e. The highest BCUT2D eigenvalue weighted by atomic mass is 32.1. The maximum Gasteiger partial charge on any atom is 0.242 e. The number of thiophene rings is 1. The van der Waals surface area contributed by atoms with E-state index < -0.39 is 0 Å². The van der Waals surface area contributed by atoms with Gasteiger partial charge in [0.25, 0.3) is 0 Å². The molecule has 1 fully saturated rings. The van der Waals surface area contributed by atoms with Crippen LogP contribution in [0.25, 0.3) is 10.9 Å². The molecule has 0 spiro atoms. The Morgan fingerprint density at radius 2 is 2.09 bits per heavy atom. The predicted molar refractivity (Wildman–Crippen MR) is 92.2 cm³/mol. The number of fused-ring (bicyclic) bond motifs is 1. The van der Waals surface area contributed by atoms with E-state index in [1.54, 1.807) is 11.3 Å². The van der Waals surface area contributed by atoms with Crippen molar-refractivity contribution in [1.29, 1.82) is 0 Å². The van der Waals surface area contributed by atoms with Crippen LogP contribution in [0.5, 0.6) is 0 Å². The Bertz CT molecular complexity index is 831. The number of rotatable bonds is 3. The molecule has 0 saturated carbocycles. The SMILES string of the molecule is O=C1NCCN(Cc2ccc3ccccc3n2)C1c1cccs1. The fraction of sp³-hybridized carbons (Fsp3) is 0.222. The Morgan fingerprint density at radius 3 is 2.96 bits per heavy atom. The number of carbonyl (C=O) groups is 1. The van der Waals surface area contributed by atoms with E-state index in [4.69, 9.17) is 4.98 Å². The van der Waals surface area contributed by atoms with Crippen molar-refractivity contribution in [3.05, 3.63) is 64.5 Å². The quantitative estimate of drug-likeness (QED) is 0.806. The lowest BCUT2D eigenvalue weighted by molar-refractivity contribution is -0.129. The lowest BCUT2D eigenvalue weighted by Crippen LogP contribution is -2.49. The van der Waals surface area contributed by atoms with Gasteiger partial charge in [0.05, 0.1) is 11.2 Å². The minimum atomic E-state index is -0.211. The monoisotopic (exact) mass is 323 g/mol. The normalized spacial score (nSPS) is 19.0. The molecule has 1 aromatic carbocycles. The molecule has 1 atom stereocenters. The zero-order valence-electron chi connectivity index (χ0n) is 12.6. The van der Waals surface area contributed by atoms with Crippen molar-refractivity contribution in [2.24, 2.45) is 0 Å². The molecule has 5 heteroatoms. The summed E-state index contributed by atoms with van der Waals surface area (Å²) in [6, 6.07) is 16.1. The van der Waals surface area contributed by atoms with Crippen molar-refractivity contribution >= 4 is 28.1 Å². The minimum absolute atomic E-state index is 0.0829. The van der Waals surface area contributed by atoms with Crippen LogP contribution in [0.1, 0.15) is 16.6 Å². The average molecular weight is 323 g/mol. The first-order chi connectivity index (χ1) is 11.3. The third-order valence-electron chi connectivity index (χ3n) is 4.15. The van der Waals surface area contributed by atoms with Crippen LogP contribution in [-0.2, 0) is 11.3 Å². The van der Waals surface area contributed by atoms with Crippen LogP contribution >= 0.6 is 11.3 Å². The molecule has 3 heterocycles. The van der Waals surface area contributed by atoms with Gasteiger partial charge in [0.15, 0.2) is 0 Å². The number of hydrogen-bond acceptors (Lipinski definition) is 4. The van der Waals surface area contributed by atoms with Gasteiger partial charge >= 0.3 is 0 Å². The second kappa shape index (κ2) is 6.10. The molecule has 0 aliphatic carbocycles. The molecular formula is C18H17N3OS. The van der Waals surface area contributed by atoms with Crippen LogP contribution in [0.15, 0.2) is 53.9 Å². The van der Waals surface area contributed by atoms with E-state index in [0.717, 1.165) is 28.0 Å². The van der Waals surface area contributed by atoms with Gasteiger partial charge < -0.3 is 5.32 Å². The number of hydrogen-bond donors (Lipinski definition) is 1. The smallest absolute Gasteiger partial charge is 0.242 e. The number of amides is 1. The number of pyridine rings is 1. The molecule has 0 radical (unpaired) electrons. The van der Waals surface area contributed by atoms with Crippen molar-refractivity contribution in [2.45, 2.75) is 12.6 Å². The van der Waals surface area contributed by atoms with Crippen LogP contribution < -0.4 is 5.32 Å². The number of carbonyl (C=O) groups excluding carboxylic acids is 1. The average Bonchev–Trinajstić information content (AvgIpc) is 3.09. The molecule has 2 aromatic heterocycles. The Labute approximate surface area is 138 Å². The molecular weight excluding hydrogens is 306 g/mol. The molecule has 1 N–H and O–H groups in total. The topological polar surface area (TPSA) is 45.2 Å². The molecule has 1 aliphatic rings. The van der Waals surface area contributed by atoms with E-state index >= 15 is 0 Å². The van der Waals surface area contributed by atoms with Crippen LogP contribution in [-0.4, -0.2) is 28.9 Å². The van der Waals surface area contributed by atoms with E-state index in [1.807, 2.05) is 35.7 Å². The first kappa shape index (κ1) is 14.4. The number of nitrogens with zero attached hydrogens (tertiary/aromatic N) is 2. The third kappa shape index (κ3) is 2.85. The maximum atomic E-state index is 12.3. The molecule has 116 valence electrons. The van der Waals surface area contributed by atoms with Crippen molar-refractivity contribution in [3.63, 3.8) is 0 Å². The Kier molecular flexibility index (Phi) is 3.81. The van der Waals surface area contributed by atoms with Gasteiger partial charge in [0.1, 0.15) is 6.04 Å². The standard InChI is InChI=1S/C18H17N3OS/c22-18-17(16-6-3-11-23-16)21(10-9-19-18)12-14-8-7-13-4-1-2-5-15(13)20-14/h1-8,11,17H,9-10,12H2,(H,19,22). The van der Waals surface area contributed by atoms with Crippen LogP contribution in [0.4, 0.5) is 0 Å². The van der Waals surface area contributed by atoms with E-state index in [9.17, 15) is 4.79 Å². The van der Waals surface area contributed by atoms with Crippen molar-refractivity contribution in [3.8, 4) is 0 Å². The second-order valence-corrected chi connectivity index (χ2v) is 6.65. The summed E-state index contributed by atoms with van der Waals surface area (Å²) in [5, 5.41) is 6.13. The Hall–Kier alpha value is -2.24.